The molecule has 0 bridgehead atoms. The molecule has 2 aromatic carbocycles. The van der Waals surface area contributed by atoms with Gasteiger partial charge in [-0.3, -0.25) is 0 Å². The Hall–Kier alpha value is -1.96. The highest BCUT2D eigenvalue weighted by Gasteiger charge is 2.15. The Bertz CT molecular complexity index is 558. The van der Waals surface area contributed by atoms with E-state index in [2.05, 4.69) is 30.3 Å². The topological polar surface area (TPSA) is 18.5 Å². The molecule has 0 radical (unpaired) electrons. The van der Waals surface area contributed by atoms with Crippen molar-refractivity contribution in [2.24, 2.45) is 0 Å². The second-order valence-corrected chi connectivity index (χ2v) is 4.75. The van der Waals surface area contributed by atoms with Crippen molar-refractivity contribution in [3.8, 4) is 11.5 Å². The Morgan fingerprint density at radius 2 is 1.95 bits per heavy atom. The van der Waals surface area contributed by atoms with Gasteiger partial charge in [-0.2, -0.15) is 0 Å². The lowest BCUT2D eigenvalue weighted by Gasteiger charge is -2.08. The van der Waals surface area contributed by atoms with Gasteiger partial charge in [0.15, 0.2) is 0 Å². The molecule has 2 aromatic rings. The van der Waals surface area contributed by atoms with Gasteiger partial charge in [-0.05, 0) is 42.7 Å². The molecule has 0 unspecified atom stereocenters. The molecule has 0 spiro atoms. The van der Waals surface area contributed by atoms with Crippen LogP contribution in [0.2, 0.25) is 0 Å². The van der Waals surface area contributed by atoms with Gasteiger partial charge < -0.3 is 9.47 Å². The summed E-state index contributed by atoms with van der Waals surface area (Å²) in [5.74, 6) is 2.00. The van der Waals surface area contributed by atoms with E-state index < -0.39 is 0 Å². The first-order chi connectivity index (χ1) is 9.36. The van der Waals surface area contributed by atoms with E-state index in [-0.39, 0.29) is 0 Å². The molecule has 19 heavy (non-hydrogen) atoms. The maximum atomic E-state index is 5.61. The molecular weight excluding hydrogens is 236 g/mol. The fourth-order valence-electron chi connectivity index (χ4n) is 2.55. The van der Waals surface area contributed by atoms with E-state index in [1.165, 1.54) is 16.7 Å². The lowest BCUT2D eigenvalue weighted by molar-refractivity contribution is 0.340. The Morgan fingerprint density at radius 1 is 1.11 bits per heavy atom. The lowest BCUT2D eigenvalue weighted by Crippen LogP contribution is -1.95. The molecule has 98 valence electrons. The van der Waals surface area contributed by atoms with Crippen molar-refractivity contribution in [1.82, 2.24) is 0 Å². The van der Waals surface area contributed by atoms with Crippen molar-refractivity contribution in [3.05, 3.63) is 59.2 Å². The van der Waals surface area contributed by atoms with Crippen LogP contribution in [0.5, 0.6) is 11.5 Å². The van der Waals surface area contributed by atoms with Crippen LogP contribution >= 0.6 is 0 Å². The standard InChI is InChI=1S/C17H18O2/c1-2-18-15-8-6-13(7-9-15)12-14-4-3-5-17-16(14)10-11-19-17/h3-9H,2,10-12H2,1H3. The quantitative estimate of drug-likeness (QED) is 0.829. The van der Waals surface area contributed by atoms with E-state index in [9.17, 15) is 0 Å². The molecule has 1 heterocycles. The Kier molecular flexibility index (Phi) is 3.41. The molecule has 2 heteroatoms. The van der Waals surface area contributed by atoms with E-state index in [1.807, 2.05) is 19.1 Å². The Balaban J connectivity index is 1.80. The van der Waals surface area contributed by atoms with Gasteiger partial charge in [0.1, 0.15) is 11.5 Å². The monoisotopic (exact) mass is 254 g/mol. The zero-order chi connectivity index (χ0) is 13.1. The second kappa shape index (κ2) is 5.35. The first-order valence-corrected chi connectivity index (χ1v) is 6.82. The second-order valence-electron chi connectivity index (χ2n) is 4.75. The molecule has 0 atom stereocenters. The zero-order valence-electron chi connectivity index (χ0n) is 11.2. The summed E-state index contributed by atoms with van der Waals surface area (Å²) in [6.45, 7) is 3.53. The summed E-state index contributed by atoms with van der Waals surface area (Å²) in [5.41, 5.74) is 4.05. The molecular formula is C17H18O2. The molecule has 0 aliphatic carbocycles. The van der Waals surface area contributed by atoms with Crippen molar-refractivity contribution in [2.75, 3.05) is 13.2 Å². The van der Waals surface area contributed by atoms with Crippen molar-refractivity contribution in [1.29, 1.82) is 0 Å². The molecule has 0 N–H and O–H groups in total. The van der Waals surface area contributed by atoms with Crippen molar-refractivity contribution in [2.45, 2.75) is 19.8 Å². The lowest BCUT2D eigenvalue weighted by atomic mass is 9.98. The van der Waals surface area contributed by atoms with E-state index in [4.69, 9.17) is 9.47 Å². The average Bonchev–Trinajstić information content (AvgIpc) is 2.91. The van der Waals surface area contributed by atoms with Crippen LogP contribution in [-0.4, -0.2) is 13.2 Å². The van der Waals surface area contributed by atoms with Gasteiger partial charge in [-0.15, -0.1) is 0 Å². The van der Waals surface area contributed by atoms with Crippen molar-refractivity contribution >= 4 is 0 Å². The molecule has 2 nitrogen and oxygen atoms in total. The van der Waals surface area contributed by atoms with E-state index in [1.54, 1.807) is 0 Å². The van der Waals surface area contributed by atoms with Gasteiger partial charge in [0.25, 0.3) is 0 Å². The van der Waals surface area contributed by atoms with Gasteiger partial charge in [0.2, 0.25) is 0 Å². The molecule has 0 fully saturated rings. The largest absolute Gasteiger partial charge is 0.494 e. The van der Waals surface area contributed by atoms with Crippen LogP contribution in [0.25, 0.3) is 0 Å². The summed E-state index contributed by atoms with van der Waals surface area (Å²) in [7, 11) is 0. The van der Waals surface area contributed by atoms with Crippen LogP contribution in [0, 0.1) is 0 Å². The third-order valence-corrected chi connectivity index (χ3v) is 3.47. The highest BCUT2D eigenvalue weighted by molar-refractivity contribution is 5.45. The van der Waals surface area contributed by atoms with Gasteiger partial charge in [-0.25, -0.2) is 0 Å². The number of ether oxygens (including phenoxy) is 2. The van der Waals surface area contributed by atoms with Crippen LogP contribution in [0.3, 0.4) is 0 Å². The molecule has 1 aliphatic rings. The first kappa shape index (κ1) is 12.1. The smallest absolute Gasteiger partial charge is 0.122 e. The maximum absolute atomic E-state index is 5.61. The predicted octanol–water partition coefficient (Wildman–Crippen LogP) is 3.61. The molecule has 0 saturated heterocycles. The third-order valence-electron chi connectivity index (χ3n) is 3.47. The number of benzene rings is 2. The number of fused-ring (bicyclic) bond motifs is 1. The zero-order valence-corrected chi connectivity index (χ0v) is 11.2. The van der Waals surface area contributed by atoms with Crippen LogP contribution < -0.4 is 9.47 Å². The van der Waals surface area contributed by atoms with Gasteiger partial charge in [0, 0.05) is 12.0 Å². The summed E-state index contributed by atoms with van der Waals surface area (Å²) in [6, 6.07) is 14.7. The van der Waals surface area contributed by atoms with Gasteiger partial charge in [0.05, 0.1) is 13.2 Å². The number of hydrogen-bond acceptors (Lipinski definition) is 2. The molecule has 0 saturated carbocycles. The first-order valence-electron chi connectivity index (χ1n) is 6.82. The van der Waals surface area contributed by atoms with Crippen LogP contribution in [0.4, 0.5) is 0 Å². The van der Waals surface area contributed by atoms with Crippen LogP contribution in [0.15, 0.2) is 42.5 Å². The van der Waals surface area contributed by atoms with Crippen molar-refractivity contribution in [3.63, 3.8) is 0 Å². The summed E-state index contributed by atoms with van der Waals surface area (Å²) in [5, 5.41) is 0. The van der Waals surface area contributed by atoms with E-state index in [0.717, 1.165) is 30.9 Å². The van der Waals surface area contributed by atoms with E-state index >= 15 is 0 Å². The highest BCUT2D eigenvalue weighted by Crippen LogP contribution is 2.29. The summed E-state index contributed by atoms with van der Waals surface area (Å²) in [4.78, 5) is 0. The van der Waals surface area contributed by atoms with Crippen molar-refractivity contribution < 1.29 is 9.47 Å². The van der Waals surface area contributed by atoms with Gasteiger partial charge in [-0.1, -0.05) is 24.3 Å². The van der Waals surface area contributed by atoms with E-state index in [0.29, 0.717) is 6.61 Å². The minimum Gasteiger partial charge on any atom is -0.494 e. The van der Waals surface area contributed by atoms with Crippen LogP contribution in [-0.2, 0) is 12.8 Å². The summed E-state index contributed by atoms with van der Waals surface area (Å²) < 4.78 is 11.1. The summed E-state index contributed by atoms with van der Waals surface area (Å²) >= 11 is 0. The SMILES string of the molecule is CCOc1ccc(Cc2cccc3c2CCO3)cc1. The average molecular weight is 254 g/mol. The fourth-order valence-corrected chi connectivity index (χ4v) is 2.55. The molecule has 0 amide bonds. The van der Waals surface area contributed by atoms with Gasteiger partial charge >= 0.3 is 0 Å². The normalized spacial score (nSPS) is 12.9. The number of hydrogen-bond donors (Lipinski definition) is 0. The molecule has 1 aliphatic heterocycles. The fraction of sp³-hybridized carbons (Fsp3) is 0.294. The van der Waals surface area contributed by atoms with Crippen LogP contribution in [0.1, 0.15) is 23.6 Å². The summed E-state index contributed by atoms with van der Waals surface area (Å²) in [6.07, 6.45) is 1.99. The third kappa shape index (κ3) is 2.58. The predicted molar refractivity (Wildman–Crippen MR) is 76.1 cm³/mol. The molecule has 0 aromatic heterocycles. The Morgan fingerprint density at radius 3 is 2.74 bits per heavy atom. The highest BCUT2D eigenvalue weighted by atomic mass is 16.5. The Labute approximate surface area is 114 Å². The minimum atomic E-state index is 0.711. The maximum Gasteiger partial charge on any atom is 0.122 e. The molecule has 3 rings (SSSR count). The number of rotatable bonds is 4. The minimum absolute atomic E-state index is 0.711.